The van der Waals surface area contributed by atoms with Gasteiger partial charge in [-0.15, -0.1) is 0 Å². The van der Waals surface area contributed by atoms with Gasteiger partial charge in [0.1, 0.15) is 0 Å². The minimum Gasteiger partial charge on any atom is -0.399 e. The zero-order valence-corrected chi connectivity index (χ0v) is 31.9. The van der Waals surface area contributed by atoms with Crippen LogP contribution in [0.3, 0.4) is 0 Å². The Kier molecular flexibility index (Phi) is 11.1. The van der Waals surface area contributed by atoms with Gasteiger partial charge in [-0.05, 0) is 89.5 Å². The topological polar surface area (TPSA) is 90.7 Å². The minimum absolute atomic E-state index is 0.0593. The first-order chi connectivity index (χ1) is 23.7. The lowest BCUT2D eigenvalue weighted by Crippen LogP contribution is -2.44. The highest BCUT2D eigenvalue weighted by Gasteiger charge is 2.51. The van der Waals surface area contributed by atoms with Gasteiger partial charge in [0.05, 0.1) is 53.3 Å². The first-order valence-electron chi connectivity index (χ1n) is 18.5. The van der Waals surface area contributed by atoms with Gasteiger partial charge in [0, 0.05) is 76.1 Å². The summed E-state index contributed by atoms with van der Waals surface area (Å²) < 4.78 is 33.6. The number of likely N-dealkylation sites (N-methyl/N-ethyl adjacent to an activating group) is 1. The second-order valence-electron chi connectivity index (χ2n) is 16.3. The van der Waals surface area contributed by atoms with Gasteiger partial charge in [0.15, 0.2) is 0 Å². The number of aliphatic hydroxyl groups is 1. The van der Waals surface area contributed by atoms with E-state index in [-0.39, 0.29) is 24.2 Å². The molecule has 1 atom stereocenters. The molecule has 5 heterocycles. The number of aliphatic hydroxyl groups excluding tert-OH is 1. The number of pyridine rings is 1. The molecule has 3 aromatic rings. The zero-order chi connectivity index (χ0) is 35.8. The number of hydrogen-bond donors (Lipinski definition) is 1. The number of piperazine rings is 1. The van der Waals surface area contributed by atoms with Gasteiger partial charge >= 0.3 is 7.12 Å². The van der Waals surface area contributed by atoms with Crippen LogP contribution in [0, 0.1) is 5.41 Å². The van der Waals surface area contributed by atoms with Crippen LogP contribution in [0.25, 0.3) is 22.2 Å². The van der Waals surface area contributed by atoms with Crippen LogP contribution < -0.4 is 10.4 Å². The number of methoxy groups -OCH3 is 1. The van der Waals surface area contributed by atoms with Crippen LogP contribution in [-0.4, -0.2) is 111 Å². The normalized spacial score (nSPS) is 21.0. The lowest BCUT2D eigenvalue weighted by atomic mass is 9.77. The van der Waals surface area contributed by atoms with E-state index in [2.05, 4.69) is 94.1 Å². The smallest absolute Gasteiger partial charge is 0.399 e. The standard InChI is InChI=1S/C39H59BN4O6/c1-27(46-9)35-32(23-29(25-41-35)43-16-14-42(8)15-17-43)36-33(24-37(2,3)26-45)31-22-28(40-49-38(4,5)39(6,7)50-40)10-11-34(31)44(36)18-21-48-30-12-19-47-20-13-30/h10-11,22-23,25,27,30,45H,12-21,24,26H2,1-9H3. The molecular weight excluding hydrogens is 631 g/mol. The second kappa shape index (κ2) is 14.9. The monoisotopic (exact) mass is 690 g/mol. The van der Waals surface area contributed by atoms with E-state index in [1.807, 2.05) is 6.20 Å². The average Bonchev–Trinajstić information content (AvgIpc) is 3.51. The van der Waals surface area contributed by atoms with E-state index in [1.165, 1.54) is 5.56 Å². The molecule has 274 valence electrons. The molecule has 3 aliphatic heterocycles. The first-order valence-corrected chi connectivity index (χ1v) is 18.5. The number of benzene rings is 1. The van der Waals surface area contributed by atoms with Crippen molar-refractivity contribution >= 4 is 29.2 Å². The summed E-state index contributed by atoms with van der Waals surface area (Å²) in [7, 11) is 3.44. The van der Waals surface area contributed by atoms with Crippen molar-refractivity contribution in [2.45, 2.75) is 97.7 Å². The molecule has 2 aromatic heterocycles. The maximum atomic E-state index is 10.6. The summed E-state index contributed by atoms with van der Waals surface area (Å²) in [6.07, 6.45) is 4.47. The fourth-order valence-corrected chi connectivity index (χ4v) is 7.30. The summed E-state index contributed by atoms with van der Waals surface area (Å²) in [4.78, 5) is 9.93. The summed E-state index contributed by atoms with van der Waals surface area (Å²) in [5.41, 5.74) is 6.16. The van der Waals surface area contributed by atoms with E-state index >= 15 is 0 Å². The van der Waals surface area contributed by atoms with Gasteiger partial charge in [-0.1, -0.05) is 26.0 Å². The number of rotatable bonds is 12. The molecule has 3 aliphatic rings. The zero-order valence-electron chi connectivity index (χ0n) is 31.9. The van der Waals surface area contributed by atoms with Crippen molar-refractivity contribution in [3.63, 3.8) is 0 Å². The van der Waals surface area contributed by atoms with Crippen LogP contribution in [0.4, 0.5) is 5.69 Å². The van der Waals surface area contributed by atoms with Gasteiger partial charge in [-0.25, -0.2) is 0 Å². The molecule has 1 unspecified atom stereocenters. The molecule has 0 spiro atoms. The minimum atomic E-state index is -0.488. The highest BCUT2D eigenvalue weighted by molar-refractivity contribution is 6.62. The molecule has 0 saturated carbocycles. The average molecular weight is 691 g/mol. The van der Waals surface area contributed by atoms with E-state index in [9.17, 15) is 5.11 Å². The maximum Gasteiger partial charge on any atom is 0.494 e. The molecule has 0 bridgehead atoms. The Labute approximate surface area is 299 Å². The van der Waals surface area contributed by atoms with E-state index < -0.39 is 18.3 Å². The number of ether oxygens (including phenoxy) is 3. The Balaban J connectivity index is 1.54. The molecule has 0 amide bonds. The van der Waals surface area contributed by atoms with Gasteiger partial charge < -0.3 is 43.0 Å². The third kappa shape index (κ3) is 7.65. The van der Waals surface area contributed by atoms with Gasteiger partial charge in [0.2, 0.25) is 0 Å². The number of nitrogens with zero attached hydrogens (tertiary/aromatic N) is 4. The van der Waals surface area contributed by atoms with E-state index in [1.54, 1.807) is 7.11 Å². The van der Waals surface area contributed by atoms with E-state index in [0.29, 0.717) is 19.6 Å². The van der Waals surface area contributed by atoms with Crippen molar-refractivity contribution in [2.24, 2.45) is 5.41 Å². The van der Waals surface area contributed by atoms with Crippen molar-refractivity contribution in [3.05, 3.63) is 41.7 Å². The second-order valence-corrected chi connectivity index (χ2v) is 16.3. The van der Waals surface area contributed by atoms with Gasteiger partial charge in [-0.3, -0.25) is 4.98 Å². The lowest BCUT2D eigenvalue weighted by molar-refractivity contribution is -0.0336. The van der Waals surface area contributed by atoms with Crippen LogP contribution >= 0.6 is 0 Å². The van der Waals surface area contributed by atoms with Gasteiger partial charge in [0.25, 0.3) is 0 Å². The molecule has 6 rings (SSSR count). The van der Waals surface area contributed by atoms with Crippen LogP contribution in [0.15, 0.2) is 30.5 Å². The Morgan fingerprint density at radius 1 is 1.04 bits per heavy atom. The molecule has 3 saturated heterocycles. The number of fused-ring (bicyclic) bond motifs is 1. The van der Waals surface area contributed by atoms with Gasteiger partial charge in [-0.2, -0.15) is 0 Å². The summed E-state index contributed by atoms with van der Waals surface area (Å²) in [6, 6.07) is 8.91. The maximum absolute atomic E-state index is 10.6. The SMILES string of the molecule is COC(C)c1ncc(N2CCN(C)CC2)cc1-c1c(CC(C)(C)CO)c2cc(B3OC(C)(C)C(C)(C)O3)ccc2n1CCOC1CCOCC1. The molecular formula is C39H59BN4O6. The van der Waals surface area contributed by atoms with Crippen LogP contribution in [0.5, 0.6) is 0 Å². The summed E-state index contributed by atoms with van der Waals surface area (Å²) >= 11 is 0. The molecule has 11 heteroatoms. The third-order valence-electron chi connectivity index (χ3n) is 11.4. The molecule has 50 heavy (non-hydrogen) atoms. The van der Waals surface area contributed by atoms with Crippen molar-refractivity contribution in [3.8, 4) is 11.3 Å². The number of aromatic nitrogens is 2. The quantitative estimate of drug-likeness (QED) is 0.257. The fourth-order valence-electron chi connectivity index (χ4n) is 7.30. The Hall–Kier alpha value is -2.51. The van der Waals surface area contributed by atoms with Crippen molar-refractivity contribution in [1.29, 1.82) is 0 Å². The van der Waals surface area contributed by atoms with Crippen LogP contribution in [0.1, 0.15) is 78.7 Å². The van der Waals surface area contributed by atoms with E-state index in [4.69, 9.17) is 28.5 Å². The fraction of sp³-hybridized carbons (Fsp3) is 0.667. The molecule has 1 N–H and O–H groups in total. The molecule has 3 fully saturated rings. The highest BCUT2D eigenvalue weighted by atomic mass is 16.7. The lowest BCUT2D eigenvalue weighted by Gasteiger charge is -2.34. The Morgan fingerprint density at radius 3 is 2.36 bits per heavy atom. The third-order valence-corrected chi connectivity index (χ3v) is 11.4. The summed E-state index contributed by atoms with van der Waals surface area (Å²) in [5.74, 6) is 0. The molecule has 0 radical (unpaired) electrons. The number of hydrogen-bond acceptors (Lipinski definition) is 9. The predicted molar refractivity (Wildman–Crippen MR) is 200 cm³/mol. The van der Waals surface area contributed by atoms with Crippen molar-refractivity contribution in [1.82, 2.24) is 14.5 Å². The van der Waals surface area contributed by atoms with Crippen molar-refractivity contribution in [2.75, 3.05) is 71.7 Å². The van der Waals surface area contributed by atoms with E-state index in [0.717, 1.165) is 91.2 Å². The number of anilines is 1. The van der Waals surface area contributed by atoms with Crippen LogP contribution in [-0.2, 0) is 36.5 Å². The molecule has 1 aromatic carbocycles. The summed E-state index contributed by atoms with van der Waals surface area (Å²) in [5, 5.41) is 11.7. The highest BCUT2D eigenvalue weighted by Crippen LogP contribution is 2.42. The van der Waals surface area contributed by atoms with Crippen LogP contribution in [0.2, 0.25) is 0 Å². The summed E-state index contributed by atoms with van der Waals surface area (Å²) in [6.45, 7) is 21.4. The molecule has 10 nitrogen and oxygen atoms in total. The predicted octanol–water partition coefficient (Wildman–Crippen LogP) is 5.22. The molecule has 0 aliphatic carbocycles. The largest absolute Gasteiger partial charge is 0.494 e. The Morgan fingerprint density at radius 2 is 1.72 bits per heavy atom. The first kappa shape index (κ1) is 37.3. The Bertz CT molecular complexity index is 1610. The van der Waals surface area contributed by atoms with Crippen molar-refractivity contribution < 1.29 is 28.6 Å².